The summed E-state index contributed by atoms with van der Waals surface area (Å²) in [6, 6.07) is 19.0. The van der Waals surface area contributed by atoms with E-state index in [9.17, 15) is 0 Å². The van der Waals surface area contributed by atoms with E-state index in [1.54, 1.807) is 0 Å². The van der Waals surface area contributed by atoms with Crippen LogP contribution in [0.25, 0.3) is 0 Å². The minimum absolute atomic E-state index is 0.131. The number of pyridine rings is 2. The van der Waals surface area contributed by atoms with Crippen LogP contribution in [0.3, 0.4) is 0 Å². The molecular formula is C92H171N5OS. The van der Waals surface area contributed by atoms with Gasteiger partial charge < -0.3 is 15.4 Å². The molecule has 0 aliphatic carbocycles. The molecule has 4 aliphatic rings. The van der Waals surface area contributed by atoms with Crippen LogP contribution in [0.15, 0.2) is 54.7 Å². The molecule has 3 aromatic rings. The molecule has 7 heteroatoms. The minimum atomic E-state index is 0.131. The summed E-state index contributed by atoms with van der Waals surface area (Å²) in [4.78, 5) is 11.6. The van der Waals surface area contributed by atoms with Crippen molar-refractivity contribution >= 4 is 11.8 Å². The number of rotatable bonds is 0. The molecule has 4 saturated heterocycles. The van der Waals surface area contributed by atoms with Gasteiger partial charge in [-0.1, -0.05) is 294 Å². The fourth-order valence-electron chi connectivity index (χ4n) is 12.9. The number of benzene rings is 1. The lowest BCUT2D eigenvalue weighted by Crippen LogP contribution is -2.60. The van der Waals surface area contributed by atoms with Crippen molar-refractivity contribution in [2.45, 2.75) is 398 Å². The Bertz CT molecular complexity index is 2360. The molecule has 0 saturated carbocycles. The van der Waals surface area contributed by atoms with E-state index in [4.69, 9.17) is 4.74 Å². The molecule has 0 spiro atoms. The SMILES string of the molecule is CC(C)(C)C1CCNC(C(C)(C)C)C1.CC(C)(C)C1CCOC(C(C)(C)C)C1.CC(C)(C)C1CCSC(C(C)(C)C)C1.CC(C)(C)C1CN(C(C)(C)C)CCN1.CC(C)(C)c1cccc(C(C)(C)C)c1.CC(C)(C)c1ccnc(C(C)(C)C)c1.Cc1cc(C(C)(C)C)cc(C(C)(C)C)n1. The standard InChI is InChI=1S/C14H23N.C14H22.C13H27N.C13H21N.C13H26O.C13H26S.C12H26N2/c1-10-8-11(13(2,3)4)9-12(15-10)14(5,6)7;1-13(2,3)11-8-7-9-12(10-11)14(4,5)6;4*1-12(2,3)10-7-8-14-11(9-10)13(4,5)6;1-11(2,3)10-9-14(8-7-13-10)12(4,5)6/h8-9H,1-7H3;7-10H,1-6H3;10-11,14H,7-9H2,1-6H3;7-9H,1-6H3;2*10-11H,7-9H2,1-6H3;10,13H,7-9H2,1-6H3. The van der Waals surface area contributed by atoms with Gasteiger partial charge in [0.15, 0.2) is 0 Å². The molecule has 0 bridgehead atoms. The average molecular weight is 1400 g/mol. The van der Waals surface area contributed by atoms with Gasteiger partial charge in [-0.25, -0.2) is 0 Å². The molecule has 4 fully saturated rings. The molecule has 2 N–H and O–H groups in total. The van der Waals surface area contributed by atoms with Crippen LogP contribution in [0.4, 0.5) is 0 Å². The van der Waals surface area contributed by atoms with Gasteiger partial charge in [-0.05, 0) is 202 Å². The number of piperazine rings is 1. The fourth-order valence-corrected chi connectivity index (χ4v) is 14.5. The Morgan fingerprint density at radius 3 is 1.23 bits per heavy atom. The van der Waals surface area contributed by atoms with E-state index in [0.29, 0.717) is 61.6 Å². The fraction of sp³-hybridized carbons (Fsp3) is 0.826. The molecule has 576 valence electrons. The van der Waals surface area contributed by atoms with Crippen molar-refractivity contribution in [2.75, 3.05) is 38.5 Å². The van der Waals surface area contributed by atoms with Crippen molar-refractivity contribution in [3.63, 3.8) is 0 Å². The zero-order valence-corrected chi connectivity index (χ0v) is 75.2. The second-order valence-corrected chi connectivity index (χ2v) is 46.8. The summed E-state index contributed by atoms with van der Waals surface area (Å²) in [6.45, 7) is 104. The van der Waals surface area contributed by atoms with Crippen molar-refractivity contribution in [1.29, 1.82) is 0 Å². The molecule has 1 aromatic carbocycles. The van der Waals surface area contributed by atoms with E-state index in [0.717, 1.165) is 41.8 Å². The first-order valence-electron chi connectivity index (χ1n) is 39.4. The predicted octanol–water partition coefficient (Wildman–Crippen LogP) is 26.0. The molecule has 0 amide bonds. The lowest BCUT2D eigenvalue weighted by Gasteiger charge is -2.46. The quantitative estimate of drug-likeness (QED) is 0.233. The first-order chi connectivity index (χ1) is 43.9. The summed E-state index contributed by atoms with van der Waals surface area (Å²) >= 11 is 2.19. The smallest absolute Gasteiger partial charge is 0.0626 e. The number of nitrogens with zero attached hydrogens (tertiary/aromatic N) is 3. The topological polar surface area (TPSA) is 62.3 Å². The number of ether oxygens (including phenoxy) is 1. The highest BCUT2D eigenvalue weighted by molar-refractivity contribution is 8.00. The highest BCUT2D eigenvalue weighted by Crippen LogP contribution is 2.46. The van der Waals surface area contributed by atoms with Crippen molar-refractivity contribution < 1.29 is 4.74 Å². The van der Waals surface area contributed by atoms with E-state index >= 15 is 0 Å². The van der Waals surface area contributed by atoms with Crippen LogP contribution < -0.4 is 10.6 Å². The molecule has 7 atom stereocenters. The highest BCUT2D eigenvalue weighted by Gasteiger charge is 2.39. The van der Waals surface area contributed by atoms with Crippen LogP contribution in [0.1, 0.15) is 369 Å². The van der Waals surface area contributed by atoms with Gasteiger partial charge in [0.2, 0.25) is 0 Å². The maximum absolute atomic E-state index is 5.87. The summed E-state index contributed by atoms with van der Waals surface area (Å²) in [6.07, 6.45) is 10.3. The lowest BCUT2D eigenvalue weighted by atomic mass is 9.69. The lowest BCUT2D eigenvalue weighted by molar-refractivity contribution is -0.0844. The molecule has 7 unspecified atom stereocenters. The maximum atomic E-state index is 5.87. The molecule has 6 heterocycles. The summed E-state index contributed by atoms with van der Waals surface area (Å²) in [7, 11) is 0. The summed E-state index contributed by atoms with van der Waals surface area (Å²) < 4.78 is 5.87. The predicted molar refractivity (Wildman–Crippen MR) is 447 cm³/mol. The number of aromatic nitrogens is 2. The second kappa shape index (κ2) is 36.3. The van der Waals surface area contributed by atoms with E-state index < -0.39 is 0 Å². The van der Waals surface area contributed by atoms with Crippen LogP contribution in [-0.4, -0.2) is 82.4 Å². The third-order valence-corrected chi connectivity index (χ3v) is 23.1. The number of aryl methyl sites for hydroxylation is 1. The van der Waals surface area contributed by atoms with E-state index in [2.05, 4.69) is 384 Å². The van der Waals surface area contributed by atoms with Crippen molar-refractivity contribution in [2.24, 2.45) is 55.7 Å². The Labute approximate surface area is 624 Å². The zero-order valence-electron chi connectivity index (χ0n) is 74.4. The van der Waals surface area contributed by atoms with Crippen LogP contribution >= 0.6 is 11.8 Å². The van der Waals surface area contributed by atoms with Gasteiger partial charge in [-0.2, -0.15) is 11.8 Å². The molecule has 6 nitrogen and oxygen atoms in total. The molecule has 2 aromatic heterocycles. The van der Waals surface area contributed by atoms with Gasteiger partial charge in [0.25, 0.3) is 0 Å². The van der Waals surface area contributed by atoms with Crippen molar-refractivity contribution in [1.82, 2.24) is 25.5 Å². The molecule has 4 aliphatic heterocycles. The Balaban J connectivity index is 0.000000578. The minimum Gasteiger partial charge on any atom is -0.378 e. The maximum Gasteiger partial charge on any atom is 0.0626 e. The third-order valence-electron chi connectivity index (χ3n) is 21.4. The molecule has 99 heavy (non-hydrogen) atoms. The first kappa shape index (κ1) is 94.7. The van der Waals surface area contributed by atoms with Crippen LogP contribution in [0.2, 0.25) is 0 Å². The van der Waals surface area contributed by atoms with Gasteiger partial charge in [-0.15, -0.1) is 0 Å². The van der Waals surface area contributed by atoms with Crippen LogP contribution in [0.5, 0.6) is 0 Å². The van der Waals surface area contributed by atoms with Gasteiger partial charge in [0, 0.05) is 83.2 Å². The highest BCUT2D eigenvalue weighted by atomic mass is 32.2. The van der Waals surface area contributed by atoms with Gasteiger partial charge >= 0.3 is 0 Å². The van der Waals surface area contributed by atoms with Crippen LogP contribution in [-0.2, 0) is 37.2 Å². The number of thioether (sulfide) groups is 1. The first-order valence-corrected chi connectivity index (χ1v) is 40.4. The van der Waals surface area contributed by atoms with Gasteiger partial charge in [0.05, 0.1) is 6.10 Å². The van der Waals surface area contributed by atoms with Gasteiger partial charge in [-0.3, -0.25) is 14.9 Å². The largest absolute Gasteiger partial charge is 0.378 e. The molecular weight excluding hydrogens is 1220 g/mol. The zero-order chi connectivity index (χ0) is 77.8. The van der Waals surface area contributed by atoms with E-state index in [1.807, 2.05) is 6.20 Å². The number of piperidine rings is 1. The molecule has 7 rings (SSSR count). The number of nitrogens with one attached hydrogen (secondary N) is 2. The van der Waals surface area contributed by atoms with Crippen molar-refractivity contribution in [3.05, 3.63) is 94.1 Å². The summed E-state index contributed by atoms with van der Waals surface area (Å²) in [5, 5.41) is 8.14. The van der Waals surface area contributed by atoms with Crippen molar-refractivity contribution in [3.8, 4) is 0 Å². The molecule has 0 radical (unpaired) electrons. The third kappa shape index (κ3) is 35.6. The van der Waals surface area contributed by atoms with E-state index in [-0.39, 0.29) is 32.5 Å². The van der Waals surface area contributed by atoms with Crippen LogP contribution in [0, 0.1) is 62.6 Å². The van der Waals surface area contributed by atoms with E-state index in [1.165, 1.54) is 97.6 Å². The Kier molecular flexibility index (Phi) is 34.8. The second-order valence-electron chi connectivity index (χ2n) is 45.5. The Morgan fingerprint density at radius 2 is 0.828 bits per heavy atom. The number of hydrogen-bond donors (Lipinski definition) is 2. The summed E-state index contributed by atoms with van der Waals surface area (Å²) in [5.41, 5.74) is 13.5. The monoisotopic (exact) mass is 1390 g/mol. The van der Waals surface area contributed by atoms with Gasteiger partial charge in [0.1, 0.15) is 0 Å². The number of hydrogen-bond acceptors (Lipinski definition) is 7. The summed E-state index contributed by atoms with van der Waals surface area (Å²) in [5.74, 6) is 3.99. The normalized spacial score (nSPS) is 22.3. The Morgan fingerprint density at radius 1 is 0.404 bits per heavy atom. The Hall–Kier alpha value is -2.29. The average Bonchev–Trinajstić information content (AvgIpc) is 0.862.